The van der Waals surface area contributed by atoms with E-state index in [2.05, 4.69) is 5.32 Å². The van der Waals surface area contributed by atoms with Crippen molar-refractivity contribution in [2.75, 3.05) is 23.4 Å². The number of carbonyl (C=O) groups excluding carboxylic acids is 4. The smallest absolute Gasteiger partial charge is 0.309 e. The van der Waals surface area contributed by atoms with Crippen LogP contribution in [0.25, 0.3) is 0 Å². The van der Waals surface area contributed by atoms with Crippen LogP contribution in [0.4, 0.5) is 15.8 Å². The summed E-state index contributed by atoms with van der Waals surface area (Å²) in [5, 5.41) is 2.66. The van der Waals surface area contributed by atoms with Gasteiger partial charge in [0.25, 0.3) is 5.91 Å². The minimum Gasteiger partial charge on any atom is -0.455 e. The second-order valence-corrected chi connectivity index (χ2v) is 6.66. The number of anilines is 2. The highest BCUT2D eigenvalue weighted by atomic mass is 19.1. The number of benzene rings is 2. The van der Waals surface area contributed by atoms with Crippen molar-refractivity contribution in [3.8, 4) is 0 Å². The Morgan fingerprint density at radius 2 is 1.83 bits per heavy atom. The highest BCUT2D eigenvalue weighted by Gasteiger charge is 2.28. The van der Waals surface area contributed by atoms with Crippen molar-refractivity contribution < 1.29 is 28.3 Å². The standard InChI is InChI=1S/C21H19FN2O5/c1-13(10-18(25)14-6-2-3-7-15(14)22)21(28)29-12-20(27)24-11-19(26)23-16-8-4-5-9-17(16)24/h2-9,13H,10-12H2,1H3,(H,23,26)/t13-/m0/s1. The predicted octanol–water partition coefficient (Wildman–Crippen LogP) is 2.56. The first-order valence-electron chi connectivity index (χ1n) is 9.00. The molecule has 1 aliphatic heterocycles. The molecule has 0 radical (unpaired) electrons. The average molecular weight is 398 g/mol. The first kappa shape index (κ1) is 20.2. The van der Waals surface area contributed by atoms with Crippen LogP contribution in [0.1, 0.15) is 23.7 Å². The third-order valence-corrected chi connectivity index (χ3v) is 4.48. The molecule has 29 heavy (non-hydrogen) atoms. The minimum absolute atomic E-state index is 0.0980. The lowest BCUT2D eigenvalue weighted by molar-refractivity contribution is -0.151. The molecule has 0 bridgehead atoms. The zero-order valence-corrected chi connectivity index (χ0v) is 15.7. The zero-order valence-electron chi connectivity index (χ0n) is 15.7. The number of rotatable bonds is 6. The normalized spacial score (nSPS) is 13.9. The van der Waals surface area contributed by atoms with Gasteiger partial charge in [0.1, 0.15) is 12.4 Å². The minimum atomic E-state index is -0.855. The molecule has 3 rings (SSSR count). The number of carbonyl (C=O) groups is 4. The van der Waals surface area contributed by atoms with Gasteiger partial charge in [0.05, 0.1) is 22.9 Å². The Hall–Kier alpha value is -3.55. The van der Waals surface area contributed by atoms with Gasteiger partial charge in [0, 0.05) is 6.42 Å². The van der Waals surface area contributed by atoms with E-state index in [-0.39, 0.29) is 24.4 Å². The third kappa shape index (κ3) is 4.66. The van der Waals surface area contributed by atoms with Crippen molar-refractivity contribution in [3.63, 3.8) is 0 Å². The Balaban J connectivity index is 1.58. The lowest BCUT2D eigenvalue weighted by atomic mass is 9.99. The van der Waals surface area contributed by atoms with Gasteiger partial charge in [-0.05, 0) is 24.3 Å². The third-order valence-electron chi connectivity index (χ3n) is 4.48. The number of para-hydroxylation sites is 2. The first-order valence-corrected chi connectivity index (χ1v) is 9.00. The van der Waals surface area contributed by atoms with Crippen LogP contribution in [0.3, 0.4) is 0 Å². The quantitative estimate of drug-likeness (QED) is 0.596. The molecule has 0 spiro atoms. The maximum Gasteiger partial charge on any atom is 0.309 e. The van der Waals surface area contributed by atoms with E-state index in [1.165, 1.54) is 36.1 Å². The van der Waals surface area contributed by atoms with Crippen LogP contribution in [0, 0.1) is 11.7 Å². The van der Waals surface area contributed by atoms with E-state index in [4.69, 9.17) is 4.74 Å². The van der Waals surface area contributed by atoms with Crippen molar-refractivity contribution in [1.82, 2.24) is 0 Å². The number of ketones is 1. The van der Waals surface area contributed by atoms with E-state index in [9.17, 15) is 23.6 Å². The van der Waals surface area contributed by atoms with Gasteiger partial charge < -0.3 is 10.1 Å². The molecule has 0 unspecified atom stereocenters. The van der Waals surface area contributed by atoms with E-state index in [0.717, 1.165) is 0 Å². The fraction of sp³-hybridized carbons (Fsp3) is 0.238. The van der Waals surface area contributed by atoms with Crippen molar-refractivity contribution in [3.05, 3.63) is 59.9 Å². The van der Waals surface area contributed by atoms with Crippen LogP contribution in [-0.4, -0.2) is 36.7 Å². The van der Waals surface area contributed by atoms with Crippen molar-refractivity contribution in [1.29, 1.82) is 0 Å². The second kappa shape index (κ2) is 8.64. The molecule has 0 aliphatic carbocycles. The van der Waals surface area contributed by atoms with Crippen LogP contribution in [0.5, 0.6) is 0 Å². The average Bonchev–Trinajstić information content (AvgIpc) is 2.71. The Morgan fingerprint density at radius 3 is 2.59 bits per heavy atom. The number of hydrogen-bond acceptors (Lipinski definition) is 5. The van der Waals surface area contributed by atoms with E-state index < -0.39 is 36.0 Å². The fourth-order valence-electron chi connectivity index (χ4n) is 2.97. The predicted molar refractivity (Wildman–Crippen MR) is 103 cm³/mol. The molecule has 1 atom stereocenters. The Labute approximate surface area is 166 Å². The van der Waals surface area contributed by atoms with Gasteiger partial charge in [-0.2, -0.15) is 0 Å². The summed E-state index contributed by atoms with van der Waals surface area (Å²) >= 11 is 0. The Morgan fingerprint density at radius 1 is 1.14 bits per heavy atom. The van der Waals surface area contributed by atoms with Gasteiger partial charge in [0.15, 0.2) is 12.4 Å². The molecule has 0 saturated heterocycles. The summed E-state index contributed by atoms with van der Waals surface area (Å²) < 4.78 is 18.7. The molecule has 1 N–H and O–H groups in total. The zero-order chi connectivity index (χ0) is 21.0. The summed E-state index contributed by atoms with van der Waals surface area (Å²) in [6.45, 7) is 0.711. The second-order valence-electron chi connectivity index (χ2n) is 6.66. The number of fused-ring (bicyclic) bond motifs is 1. The van der Waals surface area contributed by atoms with Crippen LogP contribution in [0.15, 0.2) is 48.5 Å². The number of hydrogen-bond donors (Lipinski definition) is 1. The molecule has 0 saturated carbocycles. The largest absolute Gasteiger partial charge is 0.455 e. The van der Waals surface area contributed by atoms with Gasteiger partial charge in [-0.3, -0.25) is 24.1 Å². The van der Waals surface area contributed by atoms with E-state index in [1.807, 2.05) is 0 Å². The van der Waals surface area contributed by atoms with Crippen molar-refractivity contribution in [2.24, 2.45) is 5.92 Å². The van der Waals surface area contributed by atoms with Gasteiger partial charge in [-0.15, -0.1) is 0 Å². The molecule has 2 amide bonds. The van der Waals surface area contributed by atoms with Crippen LogP contribution >= 0.6 is 0 Å². The number of ether oxygens (including phenoxy) is 1. The first-order chi connectivity index (χ1) is 13.9. The summed E-state index contributed by atoms with van der Waals surface area (Å²) in [6, 6.07) is 12.3. The lowest BCUT2D eigenvalue weighted by Crippen LogP contribution is -2.44. The monoisotopic (exact) mass is 398 g/mol. The SMILES string of the molecule is C[C@@H](CC(=O)c1ccccc1F)C(=O)OCC(=O)N1CC(=O)Nc2ccccc21. The fourth-order valence-corrected chi connectivity index (χ4v) is 2.97. The number of halogens is 1. The number of esters is 1. The van der Waals surface area contributed by atoms with Crippen molar-refractivity contribution in [2.45, 2.75) is 13.3 Å². The van der Waals surface area contributed by atoms with Crippen LogP contribution in [0.2, 0.25) is 0 Å². The van der Waals surface area contributed by atoms with Crippen LogP contribution in [-0.2, 0) is 19.1 Å². The maximum absolute atomic E-state index is 13.7. The molecule has 2 aromatic rings. The highest BCUT2D eigenvalue weighted by molar-refractivity contribution is 6.10. The summed E-state index contributed by atoms with van der Waals surface area (Å²) in [5.74, 6) is -3.71. The molecular weight excluding hydrogens is 379 g/mol. The number of nitrogens with one attached hydrogen (secondary N) is 1. The maximum atomic E-state index is 13.7. The summed E-state index contributed by atoms with van der Waals surface area (Å²) in [7, 11) is 0. The number of amides is 2. The van der Waals surface area contributed by atoms with E-state index in [0.29, 0.717) is 11.4 Å². The Kier molecular flexibility index (Phi) is 6.01. The molecular formula is C21H19FN2O5. The summed E-state index contributed by atoms with van der Waals surface area (Å²) in [4.78, 5) is 49.8. The van der Waals surface area contributed by atoms with Gasteiger partial charge in [-0.1, -0.05) is 31.2 Å². The van der Waals surface area contributed by atoms with E-state index in [1.54, 1.807) is 24.3 Å². The molecule has 0 fully saturated rings. The Bertz CT molecular complexity index is 975. The molecule has 8 heteroatoms. The van der Waals surface area contributed by atoms with Gasteiger partial charge >= 0.3 is 5.97 Å². The molecule has 7 nitrogen and oxygen atoms in total. The molecule has 1 heterocycles. The molecule has 150 valence electrons. The lowest BCUT2D eigenvalue weighted by Gasteiger charge is -2.29. The van der Waals surface area contributed by atoms with E-state index >= 15 is 0 Å². The molecule has 0 aromatic heterocycles. The summed E-state index contributed by atoms with van der Waals surface area (Å²) in [5.41, 5.74) is 0.905. The topological polar surface area (TPSA) is 92.8 Å². The highest BCUT2D eigenvalue weighted by Crippen LogP contribution is 2.28. The van der Waals surface area contributed by atoms with Gasteiger partial charge in [-0.25, -0.2) is 4.39 Å². The van der Waals surface area contributed by atoms with Gasteiger partial charge in [0.2, 0.25) is 5.91 Å². The molecule has 2 aromatic carbocycles. The summed E-state index contributed by atoms with van der Waals surface area (Å²) in [6.07, 6.45) is -0.247. The van der Waals surface area contributed by atoms with Crippen LogP contribution < -0.4 is 10.2 Å². The van der Waals surface area contributed by atoms with Crippen molar-refractivity contribution >= 4 is 34.9 Å². The number of Topliss-reactive ketones (excluding diaryl/α,β-unsaturated/α-hetero) is 1. The molecule has 1 aliphatic rings. The number of nitrogens with zero attached hydrogens (tertiary/aromatic N) is 1.